The van der Waals surface area contributed by atoms with E-state index in [-0.39, 0.29) is 4.75 Å². The Labute approximate surface area is 112 Å². The third-order valence-electron chi connectivity index (χ3n) is 3.62. The Morgan fingerprint density at radius 1 is 1.50 bits per heavy atom. The second-order valence-corrected chi connectivity index (χ2v) is 5.77. The van der Waals surface area contributed by atoms with Crippen molar-refractivity contribution >= 4 is 11.8 Å². The molecule has 0 spiro atoms. The van der Waals surface area contributed by atoms with Crippen molar-refractivity contribution in [3.63, 3.8) is 0 Å². The summed E-state index contributed by atoms with van der Waals surface area (Å²) in [7, 11) is 0. The maximum absolute atomic E-state index is 9.25. The van der Waals surface area contributed by atoms with E-state index >= 15 is 0 Å². The van der Waals surface area contributed by atoms with Crippen molar-refractivity contribution < 1.29 is 0 Å². The van der Waals surface area contributed by atoms with E-state index in [1.54, 1.807) is 18.1 Å². The zero-order chi connectivity index (χ0) is 13.0. The minimum Gasteiger partial charge on any atom is -0.296 e. The van der Waals surface area contributed by atoms with Crippen molar-refractivity contribution in [3.8, 4) is 6.07 Å². The average Bonchev–Trinajstić information content (AvgIpc) is 2.87. The first-order valence-corrected chi connectivity index (χ1v) is 7.51. The van der Waals surface area contributed by atoms with Gasteiger partial charge in [-0.3, -0.25) is 4.90 Å². The normalized spacial score (nSPS) is 19.6. The standard InChI is InChI=1S/C12H19N5S/c1-3-17-11(14-10-15-17)8-16-6-4-12(9-13,18-2)5-7-16/h10H,3-8H2,1-2H3. The summed E-state index contributed by atoms with van der Waals surface area (Å²) in [5, 5.41) is 13.4. The smallest absolute Gasteiger partial charge is 0.140 e. The van der Waals surface area contributed by atoms with Crippen molar-refractivity contribution in [1.82, 2.24) is 19.7 Å². The molecular weight excluding hydrogens is 246 g/mol. The lowest BCUT2D eigenvalue weighted by atomic mass is 9.97. The minimum absolute atomic E-state index is 0.172. The van der Waals surface area contributed by atoms with Crippen LogP contribution in [0.5, 0.6) is 0 Å². The Balaban J connectivity index is 1.93. The van der Waals surface area contributed by atoms with Crippen LogP contribution in [0.2, 0.25) is 0 Å². The molecule has 1 aromatic rings. The lowest BCUT2D eigenvalue weighted by Crippen LogP contribution is -2.41. The number of rotatable bonds is 4. The van der Waals surface area contributed by atoms with Crippen molar-refractivity contribution in [1.29, 1.82) is 5.26 Å². The van der Waals surface area contributed by atoms with Gasteiger partial charge in [0.25, 0.3) is 0 Å². The van der Waals surface area contributed by atoms with E-state index in [0.29, 0.717) is 0 Å². The summed E-state index contributed by atoms with van der Waals surface area (Å²) >= 11 is 1.69. The molecule has 1 saturated heterocycles. The number of thioether (sulfide) groups is 1. The van der Waals surface area contributed by atoms with Gasteiger partial charge in [-0.05, 0) is 26.0 Å². The molecule has 1 fully saturated rings. The van der Waals surface area contributed by atoms with E-state index in [1.807, 2.05) is 10.9 Å². The molecule has 0 bridgehead atoms. The van der Waals surface area contributed by atoms with Gasteiger partial charge in [0.15, 0.2) is 0 Å². The van der Waals surface area contributed by atoms with Gasteiger partial charge in [-0.15, -0.1) is 11.8 Å². The monoisotopic (exact) mass is 265 g/mol. The summed E-state index contributed by atoms with van der Waals surface area (Å²) in [4.78, 5) is 6.66. The summed E-state index contributed by atoms with van der Waals surface area (Å²) in [6.07, 6.45) is 5.52. The Hall–Kier alpha value is -1.06. The molecule has 6 heteroatoms. The van der Waals surface area contributed by atoms with Gasteiger partial charge in [0, 0.05) is 19.6 Å². The topological polar surface area (TPSA) is 57.7 Å². The Morgan fingerprint density at radius 2 is 2.22 bits per heavy atom. The Kier molecular flexibility index (Phi) is 4.25. The second-order valence-electron chi connectivity index (χ2n) is 4.58. The molecule has 0 atom stereocenters. The summed E-state index contributed by atoms with van der Waals surface area (Å²) < 4.78 is 1.76. The highest BCUT2D eigenvalue weighted by molar-refractivity contribution is 8.00. The van der Waals surface area contributed by atoms with Crippen molar-refractivity contribution in [2.75, 3.05) is 19.3 Å². The Bertz CT molecular complexity index is 428. The van der Waals surface area contributed by atoms with Gasteiger partial charge in [0.2, 0.25) is 0 Å². The summed E-state index contributed by atoms with van der Waals surface area (Å²) in [6, 6.07) is 2.47. The molecule has 0 radical (unpaired) electrons. The van der Waals surface area contributed by atoms with Crippen LogP contribution in [-0.2, 0) is 13.1 Å². The van der Waals surface area contributed by atoms with Gasteiger partial charge < -0.3 is 0 Å². The lowest BCUT2D eigenvalue weighted by molar-refractivity contribution is 0.201. The minimum atomic E-state index is -0.172. The molecule has 0 unspecified atom stereocenters. The van der Waals surface area contributed by atoms with Crippen molar-refractivity contribution in [2.24, 2.45) is 0 Å². The van der Waals surface area contributed by atoms with Gasteiger partial charge in [-0.2, -0.15) is 10.4 Å². The van der Waals surface area contributed by atoms with Gasteiger partial charge in [-0.25, -0.2) is 9.67 Å². The highest BCUT2D eigenvalue weighted by Crippen LogP contribution is 2.33. The molecule has 0 N–H and O–H groups in total. The van der Waals surface area contributed by atoms with Crippen LogP contribution in [0.4, 0.5) is 0 Å². The maximum atomic E-state index is 9.25. The van der Waals surface area contributed by atoms with Crippen LogP contribution < -0.4 is 0 Å². The third-order valence-corrected chi connectivity index (χ3v) is 4.90. The molecule has 5 nitrogen and oxygen atoms in total. The molecule has 0 aromatic carbocycles. The number of nitriles is 1. The van der Waals surface area contributed by atoms with Crippen LogP contribution >= 0.6 is 11.8 Å². The molecule has 98 valence electrons. The highest BCUT2D eigenvalue weighted by Gasteiger charge is 2.34. The fourth-order valence-electron chi connectivity index (χ4n) is 2.31. The number of nitrogens with zero attached hydrogens (tertiary/aromatic N) is 5. The summed E-state index contributed by atoms with van der Waals surface area (Å²) in [5.74, 6) is 1.02. The maximum Gasteiger partial charge on any atom is 0.140 e. The van der Waals surface area contributed by atoms with E-state index < -0.39 is 0 Å². The molecule has 18 heavy (non-hydrogen) atoms. The first kappa shape index (κ1) is 13.4. The first-order chi connectivity index (χ1) is 8.73. The van der Waals surface area contributed by atoms with Crippen LogP contribution in [0, 0.1) is 11.3 Å². The quantitative estimate of drug-likeness (QED) is 0.826. The van der Waals surface area contributed by atoms with Gasteiger partial charge in [-0.1, -0.05) is 0 Å². The van der Waals surface area contributed by atoms with Crippen LogP contribution in [0.25, 0.3) is 0 Å². The van der Waals surface area contributed by atoms with E-state index in [1.165, 1.54) is 0 Å². The number of aromatic nitrogens is 3. The molecule has 0 aliphatic carbocycles. The summed E-state index contributed by atoms with van der Waals surface area (Å²) in [6.45, 7) is 5.69. The zero-order valence-corrected chi connectivity index (χ0v) is 11.8. The second kappa shape index (κ2) is 5.72. The van der Waals surface area contributed by atoms with Crippen molar-refractivity contribution in [3.05, 3.63) is 12.2 Å². The highest BCUT2D eigenvalue weighted by atomic mass is 32.2. The van der Waals surface area contributed by atoms with E-state index in [9.17, 15) is 5.26 Å². The third kappa shape index (κ3) is 2.68. The van der Waals surface area contributed by atoms with Gasteiger partial charge in [0.1, 0.15) is 16.9 Å². The number of piperidine rings is 1. The van der Waals surface area contributed by atoms with Gasteiger partial charge >= 0.3 is 0 Å². The molecule has 1 aliphatic rings. The zero-order valence-electron chi connectivity index (χ0n) is 11.0. The fourth-order valence-corrected chi connectivity index (χ4v) is 2.99. The molecule has 1 aromatic heterocycles. The molecule has 1 aliphatic heterocycles. The van der Waals surface area contributed by atoms with Crippen LogP contribution in [-0.4, -0.2) is 43.8 Å². The lowest BCUT2D eigenvalue weighted by Gasteiger charge is -2.35. The molecule has 0 saturated carbocycles. The molecule has 2 rings (SSSR count). The molecular formula is C12H19N5S. The Morgan fingerprint density at radius 3 is 2.78 bits per heavy atom. The van der Waals surface area contributed by atoms with Crippen LogP contribution in [0.1, 0.15) is 25.6 Å². The van der Waals surface area contributed by atoms with Crippen LogP contribution in [0.3, 0.4) is 0 Å². The van der Waals surface area contributed by atoms with E-state index in [2.05, 4.69) is 28.0 Å². The van der Waals surface area contributed by atoms with E-state index in [4.69, 9.17) is 0 Å². The largest absolute Gasteiger partial charge is 0.296 e. The molecule has 0 amide bonds. The predicted octanol–water partition coefficient (Wildman–Crippen LogP) is 1.52. The number of hydrogen-bond acceptors (Lipinski definition) is 5. The van der Waals surface area contributed by atoms with Crippen LogP contribution in [0.15, 0.2) is 6.33 Å². The first-order valence-electron chi connectivity index (χ1n) is 6.28. The predicted molar refractivity (Wildman–Crippen MR) is 72.1 cm³/mol. The SMILES string of the molecule is CCn1ncnc1CN1CCC(C#N)(SC)CC1. The summed E-state index contributed by atoms with van der Waals surface area (Å²) in [5.41, 5.74) is 0. The average molecular weight is 265 g/mol. The fraction of sp³-hybridized carbons (Fsp3) is 0.750. The number of hydrogen-bond donors (Lipinski definition) is 0. The molecule has 2 heterocycles. The van der Waals surface area contributed by atoms with E-state index in [0.717, 1.165) is 44.8 Å². The number of aryl methyl sites for hydroxylation is 1. The number of likely N-dealkylation sites (tertiary alicyclic amines) is 1. The van der Waals surface area contributed by atoms with Gasteiger partial charge in [0.05, 0.1) is 12.6 Å². The van der Waals surface area contributed by atoms with Crippen molar-refractivity contribution in [2.45, 2.75) is 37.6 Å².